The van der Waals surface area contributed by atoms with Crippen molar-refractivity contribution in [2.45, 2.75) is 11.8 Å². The Morgan fingerprint density at radius 2 is 1.88 bits per heavy atom. The number of aryl methyl sites for hydroxylation is 1. The molecule has 1 aliphatic heterocycles. The quantitative estimate of drug-likeness (QED) is 0.877. The minimum Gasteiger partial charge on any atom is -0.314 e. The molecule has 0 amide bonds. The molecule has 4 nitrogen and oxygen atoms in total. The van der Waals surface area contributed by atoms with Crippen LogP contribution in [0.25, 0.3) is 0 Å². The molecule has 1 saturated heterocycles. The first kappa shape index (κ1) is 14.4. The summed E-state index contributed by atoms with van der Waals surface area (Å²) < 4.78 is 26.0. The highest BCUT2D eigenvalue weighted by molar-refractivity contribution is 7.89. The summed E-state index contributed by atoms with van der Waals surface area (Å²) >= 11 is 0. The van der Waals surface area contributed by atoms with Gasteiger partial charge in [0, 0.05) is 26.2 Å². The minimum absolute atomic E-state index is 0. The maximum Gasteiger partial charge on any atom is 0.243 e. The van der Waals surface area contributed by atoms with Crippen LogP contribution in [0.2, 0.25) is 0 Å². The van der Waals surface area contributed by atoms with Gasteiger partial charge in [-0.3, -0.25) is 0 Å². The largest absolute Gasteiger partial charge is 0.314 e. The van der Waals surface area contributed by atoms with Crippen LogP contribution < -0.4 is 5.32 Å². The molecule has 0 radical (unpaired) electrons. The Balaban J connectivity index is 0.00000144. The number of benzene rings is 1. The third kappa shape index (κ3) is 3.19. The van der Waals surface area contributed by atoms with Gasteiger partial charge >= 0.3 is 0 Å². The van der Waals surface area contributed by atoms with Crippen LogP contribution in [0.5, 0.6) is 0 Å². The fraction of sp³-hybridized carbons (Fsp3) is 0.455. The third-order valence-corrected chi connectivity index (χ3v) is 4.60. The molecule has 0 aliphatic carbocycles. The summed E-state index contributed by atoms with van der Waals surface area (Å²) in [6.45, 7) is 4.46. The predicted octanol–water partition coefficient (Wildman–Crippen LogP) is 1.01. The molecule has 2 rings (SSSR count). The summed E-state index contributed by atoms with van der Waals surface area (Å²) in [6.07, 6.45) is 0. The second kappa shape index (κ2) is 5.82. The van der Waals surface area contributed by atoms with Crippen molar-refractivity contribution >= 4 is 22.4 Å². The molecule has 0 aromatic heterocycles. The second-order valence-corrected chi connectivity index (χ2v) is 5.91. The van der Waals surface area contributed by atoms with E-state index in [4.69, 9.17) is 0 Å². The Kier molecular flexibility index (Phi) is 4.94. The zero-order valence-electron chi connectivity index (χ0n) is 9.72. The molecule has 6 heteroatoms. The lowest BCUT2D eigenvalue weighted by atomic mass is 10.2. The maximum absolute atomic E-state index is 12.2. The number of nitrogens with one attached hydrogen (secondary N) is 1. The van der Waals surface area contributed by atoms with Crippen LogP contribution in [0.3, 0.4) is 0 Å². The summed E-state index contributed by atoms with van der Waals surface area (Å²) in [5.41, 5.74) is 0.969. The highest BCUT2D eigenvalue weighted by atomic mass is 35.5. The van der Waals surface area contributed by atoms with Crippen LogP contribution >= 0.6 is 12.4 Å². The Morgan fingerprint density at radius 1 is 1.24 bits per heavy atom. The van der Waals surface area contributed by atoms with E-state index in [2.05, 4.69) is 5.32 Å². The van der Waals surface area contributed by atoms with Gasteiger partial charge in [0.1, 0.15) is 0 Å². The Bertz CT molecular complexity index is 470. The molecule has 1 aromatic rings. The monoisotopic (exact) mass is 276 g/mol. The van der Waals surface area contributed by atoms with E-state index < -0.39 is 10.0 Å². The molecular formula is C11H17ClN2O2S. The van der Waals surface area contributed by atoms with Gasteiger partial charge in [-0.1, -0.05) is 12.1 Å². The van der Waals surface area contributed by atoms with Gasteiger partial charge in [-0.2, -0.15) is 4.31 Å². The summed E-state index contributed by atoms with van der Waals surface area (Å²) in [5, 5.41) is 3.14. The number of hydrogen-bond acceptors (Lipinski definition) is 3. The van der Waals surface area contributed by atoms with Crippen molar-refractivity contribution in [3.63, 3.8) is 0 Å². The van der Waals surface area contributed by atoms with Crippen molar-refractivity contribution in [1.29, 1.82) is 0 Å². The van der Waals surface area contributed by atoms with Gasteiger partial charge in [-0.25, -0.2) is 8.42 Å². The van der Waals surface area contributed by atoms with Crippen LogP contribution in [0.1, 0.15) is 5.56 Å². The number of piperazine rings is 1. The van der Waals surface area contributed by atoms with Crippen LogP contribution in [0.15, 0.2) is 29.2 Å². The number of rotatable bonds is 2. The Morgan fingerprint density at radius 3 is 2.47 bits per heavy atom. The van der Waals surface area contributed by atoms with Crippen molar-refractivity contribution in [1.82, 2.24) is 9.62 Å². The van der Waals surface area contributed by atoms with E-state index in [1.165, 1.54) is 4.31 Å². The van der Waals surface area contributed by atoms with Gasteiger partial charge in [0.2, 0.25) is 10.0 Å². The van der Waals surface area contributed by atoms with Gasteiger partial charge < -0.3 is 5.32 Å². The molecule has 0 bridgehead atoms. The molecule has 96 valence electrons. The molecular weight excluding hydrogens is 260 g/mol. The zero-order valence-corrected chi connectivity index (χ0v) is 11.4. The van der Waals surface area contributed by atoms with E-state index in [1.807, 2.05) is 13.0 Å². The molecule has 1 fully saturated rings. The van der Waals surface area contributed by atoms with Gasteiger partial charge in [0.15, 0.2) is 0 Å². The van der Waals surface area contributed by atoms with Gasteiger partial charge in [0.05, 0.1) is 4.90 Å². The van der Waals surface area contributed by atoms with Crippen molar-refractivity contribution in [3.05, 3.63) is 29.8 Å². The van der Waals surface area contributed by atoms with E-state index in [0.717, 1.165) is 18.7 Å². The van der Waals surface area contributed by atoms with Gasteiger partial charge in [-0.15, -0.1) is 12.4 Å². The number of nitrogens with zero attached hydrogens (tertiary/aromatic N) is 1. The fourth-order valence-electron chi connectivity index (χ4n) is 1.81. The van der Waals surface area contributed by atoms with Crippen LogP contribution in [-0.2, 0) is 10.0 Å². The minimum atomic E-state index is -3.29. The zero-order chi connectivity index (χ0) is 11.6. The summed E-state index contributed by atoms with van der Waals surface area (Å²) in [6, 6.07) is 7.06. The first-order chi connectivity index (χ1) is 7.60. The van der Waals surface area contributed by atoms with Crippen molar-refractivity contribution in [2.75, 3.05) is 26.2 Å². The van der Waals surface area contributed by atoms with Crippen molar-refractivity contribution < 1.29 is 8.42 Å². The second-order valence-electron chi connectivity index (χ2n) is 3.97. The van der Waals surface area contributed by atoms with E-state index in [-0.39, 0.29) is 12.4 Å². The topological polar surface area (TPSA) is 49.4 Å². The summed E-state index contributed by atoms with van der Waals surface area (Å²) in [7, 11) is -3.29. The molecule has 1 aromatic carbocycles. The first-order valence-electron chi connectivity index (χ1n) is 5.38. The van der Waals surface area contributed by atoms with E-state index in [0.29, 0.717) is 18.0 Å². The number of sulfonamides is 1. The van der Waals surface area contributed by atoms with Gasteiger partial charge in [0.25, 0.3) is 0 Å². The average molecular weight is 277 g/mol. The molecule has 1 aliphatic rings. The predicted molar refractivity (Wildman–Crippen MR) is 70.1 cm³/mol. The third-order valence-electron chi connectivity index (χ3n) is 2.70. The van der Waals surface area contributed by atoms with Crippen molar-refractivity contribution in [2.24, 2.45) is 0 Å². The van der Waals surface area contributed by atoms with E-state index in [1.54, 1.807) is 18.2 Å². The molecule has 1 N–H and O–H groups in total. The SMILES string of the molecule is Cc1cccc(S(=O)(=O)N2CCNCC2)c1.Cl. The standard InChI is InChI=1S/C11H16N2O2S.ClH/c1-10-3-2-4-11(9-10)16(14,15)13-7-5-12-6-8-13;/h2-4,9,12H,5-8H2,1H3;1H. The lowest BCUT2D eigenvalue weighted by molar-refractivity contribution is 0.360. The summed E-state index contributed by atoms with van der Waals surface area (Å²) in [4.78, 5) is 0.398. The smallest absolute Gasteiger partial charge is 0.243 e. The number of halogens is 1. The highest BCUT2D eigenvalue weighted by Gasteiger charge is 2.25. The van der Waals surface area contributed by atoms with Crippen LogP contribution in [-0.4, -0.2) is 38.9 Å². The maximum atomic E-state index is 12.2. The van der Waals surface area contributed by atoms with Crippen LogP contribution in [0, 0.1) is 6.92 Å². The van der Waals surface area contributed by atoms with Crippen LogP contribution in [0.4, 0.5) is 0 Å². The Hall–Kier alpha value is -0.620. The van der Waals surface area contributed by atoms with Gasteiger partial charge in [-0.05, 0) is 24.6 Å². The normalized spacial score (nSPS) is 17.5. The van der Waals surface area contributed by atoms with E-state index in [9.17, 15) is 8.42 Å². The molecule has 0 spiro atoms. The molecule has 0 atom stereocenters. The highest BCUT2D eigenvalue weighted by Crippen LogP contribution is 2.16. The molecule has 0 unspecified atom stereocenters. The molecule has 17 heavy (non-hydrogen) atoms. The van der Waals surface area contributed by atoms with E-state index >= 15 is 0 Å². The summed E-state index contributed by atoms with van der Waals surface area (Å²) in [5.74, 6) is 0. The molecule has 0 saturated carbocycles. The lowest BCUT2D eigenvalue weighted by Gasteiger charge is -2.26. The Labute approximate surface area is 108 Å². The average Bonchev–Trinajstić information content (AvgIpc) is 2.30. The number of hydrogen-bond donors (Lipinski definition) is 1. The fourth-order valence-corrected chi connectivity index (χ4v) is 3.36. The van der Waals surface area contributed by atoms with Crippen molar-refractivity contribution in [3.8, 4) is 0 Å². The molecule has 1 heterocycles. The first-order valence-corrected chi connectivity index (χ1v) is 6.82. The lowest BCUT2D eigenvalue weighted by Crippen LogP contribution is -2.46.